The van der Waals surface area contributed by atoms with Crippen LogP contribution < -0.4 is 0 Å². The zero-order valence-electron chi connectivity index (χ0n) is 10.6. The van der Waals surface area contributed by atoms with E-state index in [1.165, 1.54) is 45.3 Å². The molecule has 2 saturated heterocycles. The molecule has 0 radical (unpaired) electrons. The third-order valence-corrected chi connectivity index (χ3v) is 4.22. The molecule has 0 spiro atoms. The van der Waals surface area contributed by atoms with Gasteiger partial charge in [0.15, 0.2) is 0 Å². The number of piperidine rings is 1. The minimum atomic E-state index is 0.721. The maximum absolute atomic E-state index is 2.75. The van der Waals surface area contributed by atoms with Gasteiger partial charge >= 0.3 is 0 Å². The molecule has 2 heterocycles. The zero-order chi connectivity index (χ0) is 10.8. The first-order chi connectivity index (χ1) is 7.22. The molecule has 2 nitrogen and oxygen atoms in total. The first-order valence-corrected chi connectivity index (χ1v) is 6.72. The molecule has 2 heteroatoms. The molecule has 0 bridgehead atoms. The Balaban J connectivity index is 2.02. The molecule has 0 aliphatic carbocycles. The Hall–Kier alpha value is -0.0800. The number of hydrogen-bond acceptors (Lipinski definition) is 2. The molecule has 15 heavy (non-hydrogen) atoms. The van der Waals surface area contributed by atoms with Crippen molar-refractivity contribution in [1.82, 2.24) is 9.80 Å². The number of fused-ring (bicyclic) bond motifs is 1. The molecule has 2 aliphatic heterocycles. The lowest BCUT2D eigenvalue weighted by Crippen LogP contribution is -2.60. The minimum Gasteiger partial charge on any atom is -0.298 e. The predicted molar refractivity (Wildman–Crippen MR) is 65.1 cm³/mol. The fourth-order valence-electron chi connectivity index (χ4n) is 3.27. The van der Waals surface area contributed by atoms with E-state index in [-0.39, 0.29) is 0 Å². The van der Waals surface area contributed by atoms with E-state index in [4.69, 9.17) is 0 Å². The van der Waals surface area contributed by atoms with Crippen LogP contribution >= 0.6 is 0 Å². The first-order valence-electron chi connectivity index (χ1n) is 6.72. The summed E-state index contributed by atoms with van der Waals surface area (Å²) >= 11 is 0. The van der Waals surface area contributed by atoms with E-state index < -0.39 is 0 Å². The van der Waals surface area contributed by atoms with Crippen molar-refractivity contribution in [2.45, 2.75) is 64.6 Å². The van der Waals surface area contributed by atoms with Crippen molar-refractivity contribution in [1.29, 1.82) is 0 Å². The third-order valence-electron chi connectivity index (χ3n) is 4.22. The van der Waals surface area contributed by atoms with Gasteiger partial charge < -0.3 is 0 Å². The SMILES string of the molecule is CCC1CN2CCCCC2CN1C(C)C. The van der Waals surface area contributed by atoms with Gasteiger partial charge in [0.1, 0.15) is 0 Å². The van der Waals surface area contributed by atoms with E-state index in [2.05, 4.69) is 30.6 Å². The van der Waals surface area contributed by atoms with Crippen LogP contribution in [0.1, 0.15) is 46.5 Å². The molecular formula is C13H26N2. The highest BCUT2D eigenvalue weighted by Gasteiger charge is 2.34. The largest absolute Gasteiger partial charge is 0.298 e. The number of hydrogen-bond donors (Lipinski definition) is 0. The van der Waals surface area contributed by atoms with E-state index in [1.807, 2.05) is 0 Å². The Kier molecular flexibility index (Phi) is 3.68. The van der Waals surface area contributed by atoms with Crippen molar-refractivity contribution in [3.8, 4) is 0 Å². The molecule has 2 unspecified atom stereocenters. The Bertz CT molecular complexity index is 203. The topological polar surface area (TPSA) is 6.48 Å². The second kappa shape index (κ2) is 4.84. The highest BCUT2D eigenvalue weighted by molar-refractivity contribution is 4.91. The van der Waals surface area contributed by atoms with Crippen LogP contribution in [0.25, 0.3) is 0 Å². The summed E-state index contributed by atoms with van der Waals surface area (Å²) in [6, 6.07) is 2.39. The van der Waals surface area contributed by atoms with Gasteiger partial charge in [-0.15, -0.1) is 0 Å². The van der Waals surface area contributed by atoms with E-state index in [0.29, 0.717) is 0 Å². The molecule has 2 aliphatic rings. The van der Waals surface area contributed by atoms with Gasteiger partial charge in [-0.3, -0.25) is 9.80 Å². The van der Waals surface area contributed by atoms with E-state index in [1.54, 1.807) is 0 Å². The van der Waals surface area contributed by atoms with Gasteiger partial charge in [0.05, 0.1) is 0 Å². The van der Waals surface area contributed by atoms with Crippen LogP contribution in [0.5, 0.6) is 0 Å². The average Bonchev–Trinajstić information content (AvgIpc) is 2.27. The molecule has 0 aromatic heterocycles. The molecule has 0 saturated carbocycles. The minimum absolute atomic E-state index is 0.721. The van der Waals surface area contributed by atoms with Crippen LogP contribution in [0.3, 0.4) is 0 Å². The van der Waals surface area contributed by atoms with E-state index >= 15 is 0 Å². The summed E-state index contributed by atoms with van der Waals surface area (Å²) in [6.07, 6.45) is 5.61. The van der Waals surface area contributed by atoms with Crippen LogP contribution in [-0.4, -0.2) is 47.6 Å². The molecule has 0 aromatic rings. The van der Waals surface area contributed by atoms with Gasteiger partial charge in [-0.05, 0) is 39.7 Å². The van der Waals surface area contributed by atoms with E-state index in [0.717, 1.165) is 18.1 Å². The molecule has 88 valence electrons. The van der Waals surface area contributed by atoms with Gasteiger partial charge in [-0.25, -0.2) is 0 Å². The van der Waals surface area contributed by atoms with Crippen molar-refractivity contribution >= 4 is 0 Å². The number of rotatable bonds is 2. The Morgan fingerprint density at radius 1 is 1.20 bits per heavy atom. The third kappa shape index (κ3) is 2.36. The van der Waals surface area contributed by atoms with Crippen LogP contribution in [0.15, 0.2) is 0 Å². The Morgan fingerprint density at radius 2 is 2.00 bits per heavy atom. The Labute approximate surface area is 94.6 Å². The standard InChI is InChI=1S/C13H26N2/c1-4-12-9-14-8-6-5-7-13(14)10-15(12)11(2)3/h11-13H,4-10H2,1-3H3. The highest BCUT2D eigenvalue weighted by Crippen LogP contribution is 2.26. The number of piperazine rings is 1. The molecule has 0 N–H and O–H groups in total. The van der Waals surface area contributed by atoms with E-state index in [9.17, 15) is 0 Å². The highest BCUT2D eigenvalue weighted by atomic mass is 15.3. The average molecular weight is 210 g/mol. The summed E-state index contributed by atoms with van der Waals surface area (Å²) in [5.41, 5.74) is 0. The van der Waals surface area contributed by atoms with Gasteiger partial charge in [0, 0.05) is 31.2 Å². The molecule has 0 aromatic carbocycles. The lowest BCUT2D eigenvalue weighted by molar-refractivity contribution is -0.00797. The maximum Gasteiger partial charge on any atom is 0.0224 e. The molecular weight excluding hydrogens is 184 g/mol. The summed E-state index contributed by atoms with van der Waals surface area (Å²) in [6.45, 7) is 11.0. The fourth-order valence-corrected chi connectivity index (χ4v) is 3.27. The monoisotopic (exact) mass is 210 g/mol. The van der Waals surface area contributed by atoms with Crippen molar-refractivity contribution in [3.63, 3.8) is 0 Å². The molecule has 0 amide bonds. The Morgan fingerprint density at radius 3 is 2.67 bits per heavy atom. The predicted octanol–water partition coefficient (Wildman–Crippen LogP) is 2.34. The van der Waals surface area contributed by atoms with Crippen molar-refractivity contribution in [2.24, 2.45) is 0 Å². The van der Waals surface area contributed by atoms with Crippen LogP contribution in [-0.2, 0) is 0 Å². The van der Waals surface area contributed by atoms with Gasteiger partial charge in [-0.2, -0.15) is 0 Å². The normalized spacial score (nSPS) is 34.4. The molecule has 2 rings (SSSR count). The van der Waals surface area contributed by atoms with Crippen molar-refractivity contribution < 1.29 is 0 Å². The quantitative estimate of drug-likeness (QED) is 0.690. The lowest BCUT2D eigenvalue weighted by atomic mass is 9.95. The fraction of sp³-hybridized carbons (Fsp3) is 1.00. The van der Waals surface area contributed by atoms with Crippen LogP contribution in [0.2, 0.25) is 0 Å². The zero-order valence-corrected chi connectivity index (χ0v) is 10.6. The van der Waals surface area contributed by atoms with Crippen LogP contribution in [0.4, 0.5) is 0 Å². The maximum atomic E-state index is 2.75. The van der Waals surface area contributed by atoms with Gasteiger partial charge in [0.2, 0.25) is 0 Å². The van der Waals surface area contributed by atoms with Crippen LogP contribution in [0, 0.1) is 0 Å². The van der Waals surface area contributed by atoms with Crippen molar-refractivity contribution in [3.05, 3.63) is 0 Å². The summed E-state index contributed by atoms with van der Waals surface area (Å²) in [5, 5.41) is 0. The van der Waals surface area contributed by atoms with Crippen molar-refractivity contribution in [2.75, 3.05) is 19.6 Å². The lowest BCUT2D eigenvalue weighted by Gasteiger charge is -2.49. The molecule has 2 atom stereocenters. The molecule has 2 fully saturated rings. The summed E-state index contributed by atoms with van der Waals surface area (Å²) < 4.78 is 0. The van der Waals surface area contributed by atoms with Gasteiger partial charge in [-0.1, -0.05) is 13.3 Å². The van der Waals surface area contributed by atoms with Gasteiger partial charge in [0.25, 0.3) is 0 Å². The first kappa shape index (κ1) is 11.4. The summed E-state index contributed by atoms with van der Waals surface area (Å²) in [5.74, 6) is 0. The number of nitrogens with zero attached hydrogens (tertiary/aromatic N) is 2. The summed E-state index contributed by atoms with van der Waals surface area (Å²) in [7, 11) is 0. The second-order valence-electron chi connectivity index (χ2n) is 5.50. The summed E-state index contributed by atoms with van der Waals surface area (Å²) in [4.78, 5) is 5.48. The second-order valence-corrected chi connectivity index (χ2v) is 5.50. The smallest absolute Gasteiger partial charge is 0.0224 e.